The fourth-order valence-electron chi connectivity index (χ4n) is 1.02. The molecule has 4 nitrogen and oxygen atoms in total. The molecule has 1 aromatic heterocycles. The quantitative estimate of drug-likeness (QED) is 0.824. The third-order valence-corrected chi connectivity index (χ3v) is 2.57. The Hall–Kier alpha value is -1.10. The Balaban J connectivity index is 2.90. The molecule has 0 amide bonds. The van der Waals surface area contributed by atoms with Crippen molar-refractivity contribution < 1.29 is 8.42 Å². The fourth-order valence-corrected chi connectivity index (χ4v) is 1.58. The van der Waals surface area contributed by atoms with Crippen LogP contribution < -0.4 is 5.32 Å². The minimum atomic E-state index is -3.19. The summed E-state index contributed by atoms with van der Waals surface area (Å²) in [6.07, 6.45) is 2.67. The molecule has 78 valence electrons. The first-order valence-corrected chi connectivity index (χ1v) is 6.21. The molecule has 0 aliphatic heterocycles. The van der Waals surface area contributed by atoms with Gasteiger partial charge < -0.3 is 5.32 Å². The van der Waals surface area contributed by atoms with Crippen LogP contribution in [0.5, 0.6) is 0 Å². The minimum absolute atomic E-state index is 0.104. The highest BCUT2D eigenvalue weighted by atomic mass is 32.2. The van der Waals surface area contributed by atoms with Crippen LogP contribution in [0.1, 0.15) is 13.8 Å². The van der Waals surface area contributed by atoms with Gasteiger partial charge in [-0.15, -0.1) is 0 Å². The molecule has 0 aliphatic carbocycles. The molecule has 0 saturated heterocycles. The zero-order valence-corrected chi connectivity index (χ0v) is 9.30. The Labute approximate surface area is 84.3 Å². The van der Waals surface area contributed by atoms with E-state index in [2.05, 4.69) is 10.3 Å². The lowest BCUT2D eigenvalue weighted by atomic mass is 10.3. The minimum Gasteiger partial charge on any atom is -0.382 e. The maximum absolute atomic E-state index is 11.1. The topological polar surface area (TPSA) is 59.1 Å². The number of nitrogens with one attached hydrogen (secondary N) is 1. The SMILES string of the molecule is CC(C)Nc1ccc(S(C)(=O)=O)nc1. The van der Waals surface area contributed by atoms with Crippen molar-refractivity contribution in [2.24, 2.45) is 0 Å². The molecule has 0 aromatic carbocycles. The van der Waals surface area contributed by atoms with Gasteiger partial charge in [0.25, 0.3) is 0 Å². The molecular formula is C9H14N2O2S. The number of aromatic nitrogens is 1. The molecule has 0 spiro atoms. The van der Waals surface area contributed by atoms with Crippen LogP contribution in [0.2, 0.25) is 0 Å². The van der Waals surface area contributed by atoms with Crippen molar-refractivity contribution in [1.82, 2.24) is 4.98 Å². The summed E-state index contributed by atoms with van der Waals surface area (Å²) < 4.78 is 22.2. The number of anilines is 1. The first kappa shape index (κ1) is 11.0. The maximum Gasteiger partial charge on any atom is 0.192 e. The molecule has 1 rings (SSSR count). The molecule has 0 bridgehead atoms. The van der Waals surface area contributed by atoms with Crippen molar-refractivity contribution in [3.8, 4) is 0 Å². The molecule has 0 unspecified atom stereocenters. The second-order valence-corrected chi connectivity index (χ2v) is 5.42. The number of pyridine rings is 1. The average molecular weight is 214 g/mol. The van der Waals surface area contributed by atoms with Crippen LogP contribution in [0.25, 0.3) is 0 Å². The van der Waals surface area contributed by atoms with E-state index in [9.17, 15) is 8.42 Å². The van der Waals surface area contributed by atoms with Crippen LogP contribution in [0, 0.1) is 0 Å². The van der Waals surface area contributed by atoms with Gasteiger partial charge >= 0.3 is 0 Å². The summed E-state index contributed by atoms with van der Waals surface area (Å²) in [4.78, 5) is 3.85. The second-order valence-electron chi connectivity index (χ2n) is 3.46. The van der Waals surface area contributed by atoms with Gasteiger partial charge in [0.2, 0.25) is 0 Å². The van der Waals surface area contributed by atoms with Crippen molar-refractivity contribution in [3.63, 3.8) is 0 Å². The Bertz CT molecular complexity index is 395. The van der Waals surface area contributed by atoms with Gasteiger partial charge in [-0.3, -0.25) is 0 Å². The second kappa shape index (κ2) is 3.96. The molecule has 1 heterocycles. The highest BCUT2D eigenvalue weighted by Gasteiger charge is 2.07. The number of nitrogens with zero attached hydrogens (tertiary/aromatic N) is 1. The molecule has 1 N–H and O–H groups in total. The van der Waals surface area contributed by atoms with Gasteiger partial charge in [0.15, 0.2) is 14.9 Å². The van der Waals surface area contributed by atoms with Crippen molar-refractivity contribution in [3.05, 3.63) is 18.3 Å². The van der Waals surface area contributed by atoms with Crippen LogP contribution in [0.15, 0.2) is 23.4 Å². The van der Waals surface area contributed by atoms with Gasteiger partial charge in [0, 0.05) is 12.3 Å². The van der Waals surface area contributed by atoms with Crippen molar-refractivity contribution in [2.75, 3.05) is 11.6 Å². The van der Waals surface area contributed by atoms with Gasteiger partial charge in [-0.1, -0.05) is 0 Å². The van der Waals surface area contributed by atoms with Gasteiger partial charge in [-0.25, -0.2) is 13.4 Å². The molecule has 14 heavy (non-hydrogen) atoms. The van der Waals surface area contributed by atoms with E-state index in [0.717, 1.165) is 11.9 Å². The highest BCUT2D eigenvalue weighted by molar-refractivity contribution is 7.90. The molecule has 0 saturated carbocycles. The summed E-state index contributed by atoms with van der Waals surface area (Å²) in [5.41, 5.74) is 0.826. The monoisotopic (exact) mass is 214 g/mol. The summed E-state index contributed by atoms with van der Waals surface area (Å²) in [5.74, 6) is 0. The number of hydrogen-bond donors (Lipinski definition) is 1. The molecule has 0 aliphatic rings. The van der Waals surface area contributed by atoms with Crippen LogP contribution in [-0.4, -0.2) is 25.7 Å². The average Bonchev–Trinajstić information content (AvgIpc) is 2.02. The van der Waals surface area contributed by atoms with Crippen molar-refractivity contribution in [2.45, 2.75) is 24.9 Å². The van der Waals surface area contributed by atoms with E-state index in [0.29, 0.717) is 6.04 Å². The summed E-state index contributed by atoms with van der Waals surface area (Å²) in [6, 6.07) is 3.52. The largest absolute Gasteiger partial charge is 0.382 e. The molecule has 0 fully saturated rings. The molecule has 1 aromatic rings. The van der Waals surface area contributed by atoms with E-state index < -0.39 is 9.84 Å². The van der Waals surface area contributed by atoms with E-state index >= 15 is 0 Å². The summed E-state index contributed by atoms with van der Waals surface area (Å²) in [5, 5.41) is 3.23. The fraction of sp³-hybridized carbons (Fsp3) is 0.444. The maximum atomic E-state index is 11.1. The van der Waals surface area contributed by atoms with Gasteiger partial charge in [0.1, 0.15) is 0 Å². The van der Waals surface area contributed by atoms with Gasteiger partial charge in [-0.05, 0) is 26.0 Å². The predicted molar refractivity (Wildman–Crippen MR) is 56.1 cm³/mol. The van der Waals surface area contributed by atoms with E-state index in [1.807, 2.05) is 13.8 Å². The Morgan fingerprint density at radius 3 is 2.36 bits per heavy atom. The van der Waals surface area contributed by atoms with E-state index in [1.165, 1.54) is 12.3 Å². The lowest BCUT2D eigenvalue weighted by molar-refractivity contribution is 0.598. The summed E-state index contributed by atoms with van der Waals surface area (Å²) in [6.45, 7) is 4.01. The number of rotatable bonds is 3. The standard InChI is InChI=1S/C9H14N2O2S/c1-7(2)11-8-4-5-9(10-6-8)14(3,12)13/h4-7,11H,1-3H3. The number of sulfone groups is 1. The first-order valence-electron chi connectivity index (χ1n) is 4.32. The van der Waals surface area contributed by atoms with Crippen LogP contribution >= 0.6 is 0 Å². The summed E-state index contributed by atoms with van der Waals surface area (Å²) >= 11 is 0. The smallest absolute Gasteiger partial charge is 0.192 e. The first-order chi connectivity index (χ1) is 6.39. The molecule has 0 atom stereocenters. The normalized spacial score (nSPS) is 11.7. The third-order valence-electron chi connectivity index (χ3n) is 1.57. The van der Waals surface area contributed by atoms with Gasteiger partial charge in [-0.2, -0.15) is 0 Å². The molecule has 5 heteroatoms. The van der Waals surface area contributed by atoms with E-state index in [4.69, 9.17) is 0 Å². The van der Waals surface area contributed by atoms with Crippen LogP contribution in [-0.2, 0) is 9.84 Å². The van der Waals surface area contributed by atoms with Gasteiger partial charge in [0.05, 0.1) is 11.9 Å². The van der Waals surface area contributed by atoms with Crippen LogP contribution in [0.3, 0.4) is 0 Å². The Morgan fingerprint density at radius 1 is 1.36 bits per heavy atom. The number of hydrogen-bond acceptors (Lipinski definition) is 4. The van der Waals surface area contributed by atoms with Crippen molar-refractivity contribution >= 4 is 15.5 Å². The third kappa shape index (κ3) is 2.99. The highest BCUT2D eigenvalue weighted by Crippen LogP contribution is 2.10. The van der Waals surface area contributed by atoms with E-state index in [-0.39, 0.29) is 5.03 Å². The Morgan fingerprint density at radius 2 is 2.00 bits per heavy atom. The Kier molecular flexibility index (Phi) is 3.10. The zero-order valence-electron chi connectivity index (χ0n) is 8.48. The lowest BCUT2D eigenvalue weighted by Crippen LogP contribution is -2.10. The predicted octanol–water partition coefficient (Wildman–Crippen LogP) is 1.31. The molecular weight excluding hydrogens is 200 g/mol. The lowest BCUT2D eigenvalue weighted by Gasteiger charge is -2.09. The van der Waals surface area contributed by atoms with Crippen molar-refractivity contribution in [1.29, 1.82) is 0 Å². The summed E-state index contributed by atoms with van der Waals surface area (Å²) in [7, 11) is -3.19. The molecule has 0 radical (unpaired) electrons. The van der Waals surface area contributed by atoms with E-state index in [1.54, 1.807) is 6.07 Å². The van der Waals surface area contributed by atoms with Crippen LogP contribution in [0.4, 0.5) is 5.69 Å². The zero-order chi connectivity index (χ0) is 10.8.